The lowest BCUT2D eigenvalue weighted by atomic mass is 9.81. The van der Waals surface area contributed by atoms with Crippen LogP contribution in [0.1, 0.15) is 40.1 Å². The van der Waals surface area contributed by atoms with E-state index in [1.807, 2.05) is 6.20 Å². The summed E-state index contributed by atoms with van der Waals surface area (Å²) in [5.74, 6) is -0.396. The maximum atomic E-state index is 11.2. The number of nitrogens with two attached hydrogens (primary N) is 1. The molecule has 1 aliphatic heterocycles. The van der Waals surface area contributed by atoms with E-state index in [-0.39, 0.29) is 5.41 Å². The second kappa shape index (κ2) is 6.10. The molecule has 2 aromatic heterocycles. The number of hydrogen-bond donors (Lipinski definition) is 1. The Morgan fingerprint density at radius 2 is 2.09 bits per heavy atom. The standard InChI is InChI=1S/C15H19N5OS/c1-15(14-19-9-12(22-14)13(16)21)2-6-20(7-3-15)10-11-8-17-4-5-18-11/h4-5,8-9H,2-3,6-7,10H2,1H3,(H2,16,21). The number of primary amides is 1. The van der Waals surface area contributed by atoms with Gasteiger partial charge in [0, 0.05) is 30.6 Å². The van der Waals surface area contributed by atoms with Crippen molar-refractivity contribution in [2.75, 3.05) is 13.1 Å². The molecular weight excluding hydrogens is 298 g/mol. The third kappa shape index (κ3) is 3.15. The summed E-state index contributed by atoms with van der Waals surface area (Å²) in [6, 6.07) is 0. The fourth-order valence-electron chi connectivity index (χ4n) is 2.73. The van der Waals surface area contributed by atoms with Crippen LogP contribution in [0.25, 0.3) is 0 Å². The van der Waals surface area contributed by atoms with Gasteiger partial charge in [0.1, 0.15) is 4.88 Å². The lowest BCUT2D eigenvalue weighted by Crippen LogP contribution is -2.40. The van der Waals surface area contributed by atoms with Gasteiger partial charge in [-0.25, -0.2) is 4.98 Å². The summed E-state index contributed by atoms with van der Waals surface area (Å²) in [6.45, 7) is 5.02. The van der Waals surface area contributed by atoms with E-state index in [0.29, 0.717) is 4.88 Å². The first kappa shape index (κ1) is 15.1. The van der Waals surface area contributed by atoms with E-state index in [4.69, 9.17) is 5.73 Å². The third-order valence-corrected chi connectivity index (χ3v) is 5.54. The van der Waals surface area contributed by atoms with Crippen LogP contribution in [0.15, 0.2) is 24.8 Å². The predicted octanol–water partition coefficient (Wildman–Crippen LogP) is 1.59. The second-order valence-electron chi connectivity index (χ2n) is 5.93. The zero-order chi connectivity index (χ0) is 15.6. The van der Waals surface area contributed by atoms with Crippen LogP contribution in [0.5, 0.6) is 0 Å². The molecular formula is C15H19N5OS. The van der Waals surface area contributed by atoms with Crippen molar-refractivity contribution in [2.45, 2.75) is 31.7 Å². The van der Waals surface area contributed by atoms with Crippen molar-refractivity contribution in [3.63, 3.8) is 0 Å². The van der Waals surface area contributed by atoms with E-state index in [1.54, 1.807) is 18.6 Å². The molecule has 7 heteroatoms. The molecule has 0 bridgehead atoms. The van der Waals surface area contributed by atoms with Crippen LogP contribution in [-0.4, -0.2) is 38.8 Å². The molecule has 0 aliphatic carbocycles. The lowest BCUT2D eigenvalue weighted by molar-refractivity contribution is 0.100. The van der Waals surface area contributed by atoms with Gasteiger partial charge in [0.05, 0.1) is 16.9 Å². The monoisotopic (exact) mass is 317 g/mol. The van der Waals surface area contributed by atoms with Gasteiger partial charge in [-0.2, -0.15) is 0 Å². The molecule has 2 N–H and O–H groups in total. The smallest absolute Gasteiger partial charge is 0.260 e. The van der Waals surface area contributed by atoms with Crippen molar-refractivity contribution in [1.29, 1.82) is 0 Å². The van der Waals surface area contributed by atoms with E-state index in [2.05, 4.69) is 26.8 Å². The van der Waals surface area contributed by atoms with Gasteiger partial charge in [-0.05, 0) is 25.9 Å². The summed E-state index contributed by atoms with van der Waals surface area (Å²) in [4.78, 5) is 27.0. The van der Waals surface area contributed by atoms with Crippen LogP contribution < -0.4 is 5.73 Å². The van der Waals surface area contributed by atoms with Gasteiger partial charge in [-0.15, -0.1) is 11.3 Å². The van der Waals surface area contributed by atoms with Crippen LogP contribution in [0.2, 0.25) is 0 Å². The number of likely N-dealkylation sites (tertiary alicyclic amines) is 1. The maximum absolute atomic E-state index is 11.2. The minimum absolute atomic E-state index is 0.0250. The van der Waals surface area contributed by atoms with Gasteiger partial charge >= 0.3 is 0 Å². The SMILES string of the molecule is CC1(c2ncc(C(N)=O)s2)CCN(Cc2cnccn2)CC1. The van der Waals surface area contributed by atoms with Crippen molar-refractivity contribution in [1.82, 2.24) is 19.9 Å². The Balaban J connectivity index is 1.63. The number of nitrogens with zero attached hydrogens (tertiary/aromatic N) is 4. The zero-order valence-corrected chi connectivity index (χ0v) is 13.3. The van der Waals surface area contributed by atoms with Crippen molar-refractivity contribution < 1.29 is 4.79 Å². The molecule has 0 unspecified atom stereocenters. The Hall–Kier alpha value is -1.86. The maximum Gasteiger partial charge on any atom is 0.260 e. The third-order valence-electron chi connectivity index (χ3n) is 4.23. The van der Waals surface area contributed by atoms with E-state index in [9.17, 15) is 4.79 Å². The van der Waals surface area contributed by atoms with Crippen molar-refractivity contribution in [3.8, 4) is 0 Å². The van der Waals surface area contributed by atoms with E-state index >= 15 is 0 Å². The fraction of sp³-hybridized carbons (Fsp3) is 0.467. The lowest BCUT2D eigenvalue weighted by Gasteiger charge is -2.37. The molecule has 1 fully saturated rings. The summed E-state index contributed by atoms with van der Waals surface area (Å²) in [6.07, 6.45) is 8.85. The topological polar surface area (TPSA) is 85.0 Å². The Bertz CT molecular complexity index is 649. The highest BCUT2D eigenvalue weighted by Crippen LogP contribution is 2.37. The van der Waals surface area contributed by atoms with Gasteiger partial charge in [0.15, 0.2) is 0 Å². The van der Waals surface area contributed by atoms with E-state index < -0.39 is 5.91 Å². The molecule has 0 spiro atoms. The van der Waals surface area contributed by atoms with Crippen molar-refractivity contribution >= 4 is 17.2 Å². The number of aromatic nitrogens is 3. The molecule has 0 saturated carbocycles. The highest BCUT2D eigenvalue weighted by molar-refractivity contribution is 7.13. The number of hydrogen-bond acceptors (Lipinski definition) is 6. The Labute approximate surface area is 133 Å². The summed E-state index contributed by atoms with van der Waals surface area (Å²) in [7, 11) is 0. The summed E-state index contributed by atoms with van der Waals surface area (Å²) in [5, 5.41) is 1.01. The molecule has 116 valence electrons. The molecule has 2 aromatic rings. The van der Waals surface area contributed by atoms with Crippen molar-refractivity contribution in [3.05, 3.63) is 40.4 Å². The number of carbonyl (C=O) groups excluding carboxylic acids is 1. The Morgan fingerprint density at radius 1 is 1.32 bits per heavy atom. The van der Waals surface area contributed by atoms with Crippen LogP contribution in [0.3, 0.4) is 0 Å². The first-order valence-electron chi connectivity index (χ1n) is 7.30. The molecule has 6 nitrogen and oxygen atoms in total. The highest BCUT2D eigenvalue weighted by atomic mass is 32.1. The van der Waals surface area contributed by atoms with Gasteiger partial charge in [0.25, 0.3) is 5.91 Å². The number of rotatable bonds is 4. The predicted molar refractivity (Wildman–Crippen MR) is 84.5 cm³/mol. The number of amides is 1. The molecule has 1 amide bonds. The quantitative estimate of drug-likeness (QED) is 0.925. The molecule has 1 aliphatic rings. The molecule has 0 aromatic carbocycles. The van der Waals surface area contributed by atoms with Crippen LogP contribution in [0, 0.1) is 0 Å². The van der Waals surface area contributed by atoms with Gasteiger partial charge in [-0.1, -0.05) is 6.92 Å². The molecule has 0 radical (unpaired) electrons. The average molecular weight is 317 g/mol. The molecule has 3 rings (SSSR count). The first-order chi connectivity index (χ1) is 10.6. The normalized spacial score (nSPS) is 18.2. The Morgan fingerprint density at radius 3 is 2.68 bits per heavy atom. The van der Waals surface area contributed by atoms with Gasteiger partial charge in [-0.3, -0.25) is 19.7 Å². The van der Waals surface area contributed by atoms with E-state index in [1.165, 1.54) is 11.3 Å². The summed E-state index contributed by atoms with van der Waals surface area (Å²) >= 11 is 1.43. The number of piperidine rings is 1. The Kier molecular flexibility index (Phi) is 4.17. The molecule has 0 atom stereocenters. The van der Waals surface area contributed by atoms with E-state index in [0.717, 1.165) is 43.2 Å². The average Bonchev–Trinajstić information content (AvgIpc) is 3.02. The van der Waals surface area contributed by atoms with Crippen LogP contribution >= 0.6 is 11.3 Å². The zero-order valence-electron chi connectivity index (χ0n) is 12.5. The van der Waals surface area contributed by atoms with Gasteiger partial charge < -0.3 is 5.73 Å². The number of carbonyl (C=O) groups is 1. The summed E-state index contributed by atoms with van der Waals surface area (Å²) < 4.78 is 0. The largest absolute Gasteiger partial charge is 0.365 e. The van der Waals surface area contributed by atoms with Gasteiger partial charge in [0.2, 0.25) is 0 Å². The first-order valence-corrected chi connectivity index (χ1v) is 8.12. The molecule has 3 heterocycles. The molecule has 22 heavy (non-hydrogen) atoms. The highest BCUT2D eigenvalue weighted by Gasteiger charge is 2.34. The minimum atomic E-state index is -0.396. The summed E-state index contributed by atoms with van der Waals surface area (Å²) in [5.41, 5.74) is 6.34. The number of thiazole rings is 1. The van der Waals surface area contributed by atoms with Crippen LogP contribution in [0.4, 0.5) is 0 Å². The minimum Gasteiger partial charge on any atom is -0.365 e. The second-order valence-corrected chi connectivity index (χ2v) is 6.96. The molecule has 1 saturated heterocycles. The van der Waals surface area contributed by atoms with Crippen LogP contribution in [-0.2, 0) is 12.0 Å². The fourth-order valence-corrected chi connectivity index (χ4v) is 3.70. The van der Waals surface area contributed by atoms with Crippen molar-refractivity contribution in [2.24, 2.45) is 5.73 Å².